The summed E-state index contributed by atoms with van der Waals surface area (Å²) in [6, 6.07) is 10.6. The molecule has 0 saturated heterocycles. The van der Waals surface area contributed by atoms with Crippen LogP contribution in [0.25, 0.3) is 0 Å². The van der Waals surface area contributed by atoms with Crippen molar-refractivity contribution in [2.75, 3.05) is 6.54 Å². The van der Waals surface area contributed by atoms with Crippen LogP contribution in [0.15, 0.2) is 53.6 Å². The third-order valence-corrected chi connectivity index (χ3v) is 4.20. The molecule has 1 aliphatic rings. The van der Waals surface area contributed by atoms with E-state index >= 15 is 0 Å². The van der Waals surface area contributed by atoms with Crippen molar-refractivity contribution in [1.82, 2.24) is 5.01 Å². The SMILES string of the molecule is O=C(c1ccccc1O)N1CC(O)(C(F)(F)F)C(c2ccc(Cl)cc2)=N1. The first-order chi connectivity index (χ1) is 12.1. The number of phenolic OH excluding ortho intramolecular Hbond substituents is 1. The number of phenols is 1. The lowest BCUT2D eigenvalue weighted by Gasteiger charge is -2.27. The number of β-amino-alcohol motifs (C(OH)–C–C–N with tert-alkyl or cyclic N) is 1. The van der Waals surface area contributed by atoms with Gasteiger partial charge in [-0.1, -0.05) is 35.9 Å². The number of carbonyl (C=O) groups is 1. The van der Waals surface area contributed by atoms with E-state index in [-0.39, 0.29) is 11.1 Å². The maximum Gasteiger partial charge on any atom is 0.424 e. The molecule has 1 aliphatic heterocycles. The van der Waals surface area contributed by atoms with Gasteiger partial charge in [0.15, 0.2) is 0 Å². The molecule has 3 rings (SSSR count). The summed E-state index contributed by atoms with van der Waals surface area (Å²) in [5, 5.41) is 24.5. The quantitative estimate of drug-likeness (QED) is 0.835. The van der Waals surface area contributed by atoms with Gasteiger partial charge in [-0.25, -0.2) is 5.01 Å². The minimum atomic E-state index is -5.07. The van der Waals surface area contributed by atoms with Gasteiger partial charge in [-0.05, 0) is 24.3 Å². The lowest BCUT2D eigenvalue weighted by Crippen LogP contribution is -2.54. The molecule has 1 heterocycles. The molecule has 26 heavy (non-hydrogen) atoms. The average Bonchev–Trinajstić information content (AvgIpc) is 2.94. The lowest BCUT2D eigenvalue weighted by molar-refractivity contribution is -0.228. The first kappa shape index (κ1) is 18.2. The summed E-state index contributed by atoms with van der Waals surface area (Å²) in [7, 11) is 0. The maximum absolute atomic E-state index is 13.5. The fourth-order valence-electron chi connectivity index (χ4n) is 2.57. The molecular formula is C17H12ClF3N2O3. The molecule has 2 aromatic carbocycles. The van der Waals surface area contributed by atoms with Crippen molar-refractivity contribution in [3.8, 4) is 5.75 Å². The summed E-state index contributed by atoms with van der Waals surface area (Å²) < 4.78 is 40.6. The Morgan fingerprint density at radius 1 is 1.15 bits per heavy atom. The smallest absolute Gasteiger partial charge is 0.424 e. The van der Waals surface area contributed by atoms with Crippen LogP contribution in [0.1, 0.15) is 15.9 Å². The molecule has 1 unspecified atom stereocenters. The fraction of sp³-hybridized carbons (Fsp3) is 0.176. The van der Waals surface area contributed by atoms with Gasteiger partial charge >= 0.3 is 6.18 Å². The summed E-state index contributed by atoms with van der Waals surface area (Å²) in [4.78, 5) is 12.5. The van der Waals surface area contributed by atoms with E-state index in [0.29, 0.717) is 10.0 Å². The van der Waals surface area contributed by atoms with E-state index in [0.717, 1.165) is 0 Å². The molecular weight excluding hydrogens is 373 g/mol. The van der Waals surface area contributed by atoms with E-state index in [1.807, 2.05) is 0 Å². The summed E-state index contributed by atoms with van der Waals surface area (Å²) in [5.74, 6) is -1.36. The molecule has 136 valence electrons. The molecule has 0 spiro atoms. The number of nitrogens with zero attached hydrogens (tertiary/aromatic N) is 2. The number of hydrogen-bond donors (Lipinski definition) is 2. The zero-order valence-electron chi connectivity index (χ0n) is 13.0. The highest BCUT2D eigenvalue weighted by Gasteiger charge is 2.62. The van der Waals surface area contributed by atoms with Gasteiger partial charge in [-0.2, -0.15) is 18.3 Å². The number of carbonyl (C=O) groups excluding carboxylic acids is 1. The van der Waals surface area contributed by atoms with Gasteiger partial charge in [0.25, 0.3) is 5.91 Å². The molecule has 5 nitrogen and oxygen atoms in total. The third kappa shape index (κ3) is 3.02. The number of hydrazone groups is 1. The van der Waals surface area contributed by atoms with Gasteiger partial charge in [-0.3, -0.25) is 4.79 Å². The van der Waals surface area contributed by atoms with Crippen LogP contribution in [0.5, 0.6) is 5.75 Å². The molecule has 1 atom stereocenters. The number of rotatable bonds is 2. The molecule has 2 N–H and O–H groups in total. The van der Waals surface area contributed by atoms with Crippen LogP contribution in [-0.2, 0) is 0 Å². The van der Waals surface area contributed by atoms with Crippen LogP contribution in [0, 0.1) is 0 Å². The van der Waals surface area contributed by atoms with E-state index in [4.69, 9.17) is 11.6 Å². The Morgan fingerprint density at radius 2 is 1.77 bits per heavy atom. The first-order valence-electron chi connectivity index (χ1n) is 7.37. The lowest BCUT2D eigenvalue weighted by atomic mass is 9.92. The largest absolute Gasteiger partial charge is 0.507 e. The molecule has 2 aromatic rings. The second-order valence-electron chi connectivity index (χ2n) is 5.69. The molecule has 1 amide bonds. The van der Waals surface area contributed by atoms with Crippen LogP contribution in [0.3, 0.4) is 0 Å². The Kier molecular flexibility index (Phi) is 4.41. The van der Waals surface area contributed by atoms with Crippen molar-refractivity contribution < 1.29 is 28.2 Å². The number of alkyl halides is 3. The molecule has 0 aliphatic carbocycles. The van der Waals surface area contributed by atoms with Gasteiger partial charge in [0, 0.05) is 10.6 Å². The van der Waals surface area contributed by atoms with Gasteiger partial charge in [0.2, 0.25) is 5.60 Å². The van der Waals surface area contributed by atoms with Crippen LogP contribution in [-0.4, -0.2) is 45.2 Å². The summed E-state index contributed by atoms with van der Waals surface area (Å²) in [6.07, 6.45) is -5.07. The van der Waals surface area contributed by atoms with Gasteiger partial charge in [-0.15, -0.1) is 0 Å². The number of amides is 1. The van der Waals surface area contributed by atoms with Crippen molar-refractivity contribution in [3.63, 3.8) is 0 Å². The highest BCUT2D eigenvalue weighted by molar-refractivity contribution is 6.30. The maximum atomic E-state index is 13.5. The molecule has 0 fully saturated rings. The van der Waals surface area contributed by atoms with Crippen molar-refractivity contribution >= 4 is 23.2 Å². The van der Waals surface area contributed by atoms with E-state index in [9.17, 15) is 28.2 Å². The molecule has 0 bridgehead atoms. The third-order valence-electron chi connectivity index (χ3n) is 3.95. The number of para-hydroxylation sites is 1. The van der Waals surface area contributed by atoms with Crippen LogP contribution in [0.4, 0.5) is 13.2 Å². The Morgan fingerprint density at radius 3 is 2.35 bits per heavy atom. The second-order valence-corrected chi connectivity index (χ2v) is 6.13. The number of halogens is 4. The normalized spacial score (nSPS) is 20.2. The Bertz CT molecular complexity index is 884. The van der Waals surface area contributed by atoms with Crippen molar-refractivity contribution in [1.29, 1.82) is 0 Å². The summed E-state index contributed by atoms with van der Waals surface area (Å²) in [5.41, 5.74) is -4.31. The predicted molar refractivity (Wildman–Crippen MR) is 88.1 cm³/mol. The topological polar surface area (TPSA) is 73.1 Å². The minimum absolute atomic E-state index is 0.0261. The van der Waals surface area contributed by atoms with E-state index in [1.165, 1.54) is 48.5 Å². The minimum Gasteiger partial charge on any atom is -0.507 e. The number of aromatic hydroxyl groups is 1. The molecule has 9 heteroatoms. The van der Waals surface area contributed by atoms with Crippen molar-refractivity contribution in [3.05, 3.63) is 64.7 Å². The van der Waals surface area contributed by atoms with E-state index in [1.54, 1.807) is 0 Å². The average molecular weight is 385 g/mol. The van der Waals surface area contributed by atoms with Crippen LogP contribution < -0.4 is 0 Å². The van der Waals surface area contributed by atoms with E-state index < -0.39 is 35.7 Å². The summed E-state index contributed by atoms with van der Waals surface area (Å²) in [6.45, 7) is -1.12. The number of benzene rings is 2. The fourth-order valence-corrected chi connectivity index (χ4v) is 2.70. The summed E-state index contributed by atoms with van der Waals surface area (Å²) >= 11 is 5.74. The Hall–Kier alpha value is -2.58. The molecule has 0 saturated carbocycles. The Labute approximate surface area is 150 Å². The first-order valence-corrected chi connectivity index (χ1v) is 7.75. The van der Waals surface area contributed by atoms with Gasteiger partial charge in [0.1, 0.15) is 11.5 Å². The number of aliphatic hydroxyl groups is 1. The highest BCUT2D eigenvalue weighted by Crippen LogP contribution is 2.39. The van der Waals surface area contributed by atoms with E-state index in [2.05, 4.69) is 5.10 Å². The van der Waals surface area contributed by atoms with Gasteiger partial charge < -0.3 is 10.2 Å². The highest BCUT2D eigenvalue weighted by atomic mass is 35.5. The second kappa shape index (κ2) is 6.30. The van der Waals surface area contributed by atoms with Crippen LogP contribution in [0.2, 0.25) is 5.02 Å². The standard InChI is InChI=1S/C17H12ClF3N2O3/c18-11-7-5-10(6-8-11)14-16(26,17(19,20)21)9-23(22-14)15(25)12-3-1-2-4-13(12)24/h1-8,24,26H,9H2. The monoisotopic (exact) mass is 384 g/mol. The van der Waals surface area contributed by atoms with Crippen molar-refractivity contribution in [2.45, 2.75) is 11.8 Å². The molecule has 0 aromatic heterocycles. The zero-order chi connectivity index (χ0) is 19.1. The van der Waals surface area contributed by atoms with Gasteiger partial charge in [0.05, 0.1) is 12.1 Å². The molecule has 0 radical (unpaired) electrons. The van der Waals surface area contributed by atoms with Crippen LogP contribution >= 0.6 is 11.6 Å². The Balaban J connectivity index is 2.06. The number of hydrogen-bond acceptors (Lipinski definition) is 4. The predicted octanol–water partition coefficient (Wildman–Crippen LogP) is 3.20. The van der Waals surface area contributed by atoms with Crippen molar-refractivity contribution in [2.24, 2.45) is 5.10 Å². The zero-order valence-corrected chi connectivity index (χ0v) is 13.8.